The molecule has 3 nitrogen and oxygen atoms in total. The van der Waals surface area contributed by atoms with Crippen LogP contribution in [-0.4, -0.2) is 31.1 Å². The van der Waals surface area contributed by atoms with Gasteiger partial charge in [-0.15, -0.1) is 0 Å². The van der Waals surface area contributed by atoms with Crippen LogP contribution in [0.4, 0.5) is 0 Å². The molecule has 2 rings (SSSR count). The first-order chi connectivity index (χ1) is 8.15. The fourth-order valence-corrected chi connectivity index (χ4v) is 2.77. The first-order valence-electron chi connectivity index (χ1n) is 6.60. The van der Waals surface area contributed by atoms with E-state index in [9.17, 15) is 0 Å². The SMILES string of the molecule is Cc1occc1CN(C)CC1CCNC(C)C1. The molecule has 1 fully saturated rings. The van der Waals surface area contributed by atoms with Crippen molar-refractivity contribution >= 4 is 0 Å². The quantitative estimate of drug-likeness (QED) is 0.870. The molecule has 0 aromatic carbocycles. The summed E-state index contributed by atoms with van der Waals surface area (Å²) in [4.78, 5) is 2.42. The van der Waals surface area contributed by atoms with Crippen LogP contribution in [0, 0.1) is 12.8 Å². The van der Waals surface area contributed by atoms with E-state index in [2.05, 4.69) is 30.3 Å². The Bertz CT molecular complexity index is 348. The lowest BCUT2D eigenvalue weighted by atomic mass is 9.93. The van der Waals surface area contributed by atoms with Gasteiger partial charge in [0, 0.05) is 24.7 Å². The van der Waals surface area contributed by atoms with Crippen LogP contribution in [0.5, 0.6) is 0 Å². The van der Waals surface area contributed by atoms with Gasteiger partial charge >= 0.3 is 0 Å². The molecule has 1 aliphatic heterocycles. The summed E-state index contributed by atoms with van der Waals surface area (Å²) in [5.41, 5.74) is 1.31. The Morgan fingerprint density at radius 1 is 1.53 bits per heavy atom. The monoisotopic (exact) mass is 236 g/mol. The van der Waals surface area contributed by atoms with Crippen molar-refractivity contribution in [1.82, 2.24) is 10.2 Å². The predicted molar refractivity (Wildman–Crippen MR) is 70.0 cm³/mol. The van der Waals surface area contributed by atoms with Crippen molar-refractivity contribution in [3.05, 3.63) is 23.7 Å². The van der Waals surface area contributed by atoms with Crippen molar-refractivity contribution in [3.63, 3.8) is 0 Å². The molecule has 0 saturated carbocycles. The summed E-state index contributed by atoms with van der Waals surface area (Å²) in [7, 11) is 2.21. The maximum Gasteiger partial charge on any atom is 0.105 e. The fourth-order valence-electron chi connectivity index (χ4n) is 2.77. The number of hydrogen-bond acceptors (Lipinski definition) is 3. The Labute approximate surface area is 104 Å². The lowest BCUT2D eigenvalue weighted by molar-refractivity contribution is 0.214. The number of piperidine rings is 1. The zero-order chi connectivity index (χ0) is 12.3. The largest absolute Gasteiger partial charge is 0.469 e. The van der Waals surface area contributed by atoms with Crippen LogP contribution < -0.4 is 5.32 Å². The second kappa shape index (κ2) is 5.69. The third-order valence-electron chi connectivity index (χ3n) is 3.71. The third-order valence-corrected chi connectivity index (χ3v) is 3.71. The van der Waals surface area contributed by atoms with E-state index in [0.717, 1.165) is 18.2 Å². The summed E-state index contributed by atoms with van der Waals surface area (Å²) in [5.74, 6) is 1.89. The van der Waals surface area contributed by atoms with Crippen molar-refractivity contribution in [3.8, 4) is 0 Å². The Hall–Kier alpha value is -0.800. The number of hydrogen-bond donors (Lipinski definition) is 1. The van der Waals surface area contributed by atoms with Gasteiger partial charge in [0.2, 0.25) is 0 Å². The van der Waals surface area contributed by atoms with Crippen molar-refractivity contribution in [1.29, 1.82) is 0 Å². The van der Waals surface area contributed by atoms with Crippen molar-refractivity contribution in [2.24, 2.45) is 5.92 Å². The first-order valence-corrected chi connectivity index (χ1v) is 6.60. The molecule has 0 radical (unpaired) electrons. The summed E-state index contributed by atoms with van der Waals surface area (Å²) >= 11 is 0. The second-order valence-electron chi connectivity index (χ2n) is 5.44. The lowest BCUT2D eigenvalue weighted by Crippen LogP contribution is -2.39. The van der Waals surface area contributed by atoms with Gasteiger partial charge in [0.15, 0.2) is 0 Å². The molecule has 0 aliphatic carbocycles. The average molecular weight is 236 g/mol. The Morgan fingerprint density at radius 3 is 3.00 bits per heavy atom. The zero-order valence-electron chi connectivity index (χ0n) is 11.2. The van der Waals surface area contributed by atoms with Crippen LogP contribution in [0.3, 0.4) is 0 Å². The fraction of sp³-hybridized carbons (Fsp3) is 0.714. The molecule has 1 aliphatic rings. The molecule has 2 heterocycles. The number of nitrogens with one attached hydrogen (secondary N) is 1. The topological polar surface area (TPSA) is 28.4 Å². The smallest absolute Gasteiger partial charge is 0.105 e. The van der Waals surface area contributed by atoms with Gasteiger partial charge in [-0.25, -0.2) is 0 Å². The van der Waals surface area contributed by atoms with Gasteiger partial charge in [0.05, 0.1) is 6.26 Å². The molecule has 1 N–H and O–H groups in total. The van der Waals surface area contributed by atoms with E-state index in [1.807, 2.05) is 6.92 Å². The van der Waals surface area contributed by atoms with Crippen LogP contribution in [0.25, 0.3) is 0 Å². The standard InChI is InChI=1S/C14H24N2O/c1-11-8-13(4-6-15-11)9-16(3)10-14-5-7-17-12(14)2/h5,7,11,13,15H,4,6,8-10H2,1-3H3. The summed E-state index contributed by atoms with van der Waals surface area (Å²) in [6.45, 7) is 7.68. The lowest BCUT2D eigenvalue weighted by Gasteiger charge is -2.31. The summed E-state index contributed by atoms with van der Waals surface area (Å²) < 4.78 is 5.34. The highest BCUT2D eigenvalue weighted by atomic mass is 16.3. The highest BCUT2D eigenvalue weighted by Crippen LogP contribution is 2.18. The van der Waals surface area contributed by atoms with Crippen molar-refractivity contribution in [2.45, 2.75) is 39.3 Å². The van der Waals surface area contributed by atoms with E-state index in [4.69, 9.17) is 4.42 Å². The van der Waals surface area contributed by atoms with Gasteiger partial charge < -0.3 is 14.6 Å². The molecule has 0 bridgehead atoms. The molecule has 2 atom stereocenters. The Morgan fingerprint density at radius 2 is 2.35 bits per heavy atom. The Kier molecular flexibility index (Phi) is 4.24. The van der Waals surface area contributed by atoms with Crippen molar-refractivity contribution in [2.75, 3.05) is 20.1 Å². The minimum Gasteiger partial charge on any atom is -0.469 e. The molecular weight excluding hydrogens is 212 g/mol. The number of furan rings is 1. The van der Waals surface area contributed by atoms with E-state index in [1.54, 1.807) is 6.26 Å². The van der Waals surface area contributed by atoms with Crippen LogP contribution in [-0.2, 0) is 6.54 Å². The molecule has 0 spiro atoms. The normalized spacial score (nSPS) is 25.4. The van der Waals surface area contributed by atoms with Gasteiger partial charge in [-0.1, -0.05) is 0 Å². The van der Waals surface area contributed by atoms with Gasteiger partial charge in [0.25, 0.3) is 0 Å². The zero-order valence-corrected chi connectivity index (χ0v) is 11.2. The summed E-state index contributed by atoms with van der Waals surface area (Å²) in [6.07, 6.45) is 4.39. The minimum atomic E-state index is 0.679. The highest BCUT2D eigenvalue weighted by Gasteiger charge is 2.19. The first kappa shape index (κ1) is 12.7. The molecular formula is C14H24N2O. The average Bonchev–Trinajstić information content (AvgIpc) is 2.64. The number of aryl methyl sites for hydroxylation is 1. The van der Waals surface area contributed by atoms with Gasteiger partial charge in [-0.2, -0.15) is 0 Å². The second-order valence-corrected chi connectivity index (χ2v) is 5.44. The third kappa shape index (κ3) is 3.58. The van der Waals surface area contributed by atoms with E-state index < -0.39 is 0 Å². The molecule has 1 aromatic heterocycles. The number of rotatable bonds is 4. The maximum atomic E-state index is 5.34. The number of nitrogens with zero attached hydrogens (tertiary/aromatic N) is 1. The molecule has 3 heteroatoms. The molecule has 1 aromatic rings. The molecule has 0 amide bonds. The van der Waals surface area contributed by atoms with Crippen molar-refractivity contribution < 1.29 is 4.42 Å². The van der Waals surface area contributed by atoms with E-state index in [-0.39, 0.29) is 0 Å². The Balaban J connectivity index is 1.80. The van der Waals surface area contributed by atoms with Gasteiger partial charge in [0.1, 0.15) is 5.76 Å². The van der Waals surface area contributed by atoms with E-state index >= 15 is 0 Å². The molecule has 96 valence electrons. The maximum absolute atomic E-state index is 5.34. The van der Waals surface area contributed by atoms with Crippen LogP contribution in [0.2, 0.25) is 0 Å². The summed E-state index contributed by atoms with van der Waals surface area (Å²) in [6, 6.07) is 2.76. The minimum absolute atomic E-state index is 0.679. The highest BCUT2D eigenvalue weighted by molar-refractivity contribution is 5.14. The van der Waals surface area contributed by atoms with Gasteiger partial charge in [-0.3, -0.25) is 0 Å². The van der Waals surface area contributed by atoms with Gasteiger partial charge in [-0.05, 0) is 52.3 Å². The van der Waals surface area contributed by atoms with Crippen LogP contribution in [0.15, 0.2) is 16.7 Å². The predicted octanol–water partition coefficient (Wildman–Crippen LogP) is 2.41. The molecule has 1 saturated heterocycles. The van der Waals surface area contributed by atoms with Crippen LogP contribution >= 0.6 is 0 Å². The summed E-state index contributed by atoms with van der Waals surface area (Å²) in [5, 5.41) is 3.51. The molecule has 2 unspecified atom stereocenters. The van der Waals surface area contributed by atoms with E-state index in [1.165, 1.54) is 31.5 Å². The van der Waals surface area contributed by atoms with E-state index in [0.29, 0.717) is 6.04 Å². The van der Waals surface area contributed by atoms with Crippen LogP contribution in [0.1, 0.15) is 31.1 Å². The molecule has 17 heavy (non-hydrogen) atoms.